The highest BCUT2D eigenvalue weighted by Gasteiger charge is 2.26. The first-order valence-corrected chi connectivity index (χ1v) is 5.64. The van der Waals surface area contributed by atoms with Gasteiger partial charge in [0.05, 0.1) is 25.2 Å². The van der Waals surface area contributed by atoms with Crippen molar-refractivity contribution in [2.45, 2.75) is 25.6 Å². The molecule has 0 spiro atoms. The van der Waals surface area contributed by atoms with Gasteiger partial charge in [-0.1, -0.05) is 18.2 Å². The van der Waals surface area contributed by atoms with E-state index in [2.05, 4.69) is 4.74 Å². The van der Waals surface area contributed by atoms with Crippen LogP contribution in [0.25, 0.3) is 0 Å². The topological polar surface area (TPSA) is 104 Å². The number of hydrogen-bond acceptors (Lipinski definition) is 5. The van der Waals surface area contributed by atoms with Crippen molar-refractivity contribution >= 4 is 11.9 Å². The van der Waals surface area contributed by atoms with Crippen molar-refractivity contribution in [3.63, 3.8) is 0 Å². The number of esters is 1. The molecule has 0 amide bonds. The lowest BCUT2D eigenvalue weighted by Crippen LogP contribution is -2.24. The molecule has 0 saturated heterocycles. The molecule has 0 aromatic heterocycles. The number of carboxylic acids is 1. The lowest BCUT2D eigenvalue weighted by Gasteiger charge is -2.19. The molecule has 0 aliphatic carbocycles. The summed E-state index contributed by atoms with van der Waals surface area (Å²) in [6.07, 6.45) is -3.30. The predicted molar refractivity (Wildman–Crippen MR) is 65.7 cm³/mol. The lowest BCUT2D eigenvalue weighted by atomic mass is 9.94. The molecule has 3 N–H and O–H groups in total. The molecule has 0 bridgehead atoms. The average molecular weight is 268 g/mol. The number of aliphatic hydroxyl groups excluding tert-OH is 2. The zero-order valence-electron chi connectivity index (χ0n) is 10.7. The summed E-state index contributed by atoms with van der Waals surface area (Å²) in [6.45, 7) is 1.59. The molecule has 19 heavy (non-hydrogen) atoms. The van der Waals surface area contributed by atoms with Crippen molar-refractivity contribution in [3.05, 3.63) is 34.9 Å². The van der Waals surface area contributed by atoms with Crippen LogP contribution in [0.4, 0.5) is 0 Å². The Labute approximate surface area is 110 Å². The Balaban J connectivity index is 3.05. The van der Waals surface area contributed by atoms with Crippen LogP contribution in [-0.2, 0) is 9.53 Å². The number of methoxy groups -OCH3 is 1. The van der Waals surface area contributed by atoms with E-state index >= 15 is 0 Å². The number of carbonyl (C=O) groups is 2. The third-order valence-electron chi connectivity index (χ3n) is 2.81. The minimum Gasteiger partial charge on any atom is -0.478 e. The molecule has 0 fully saturated rings. The summed E-state index contributed by atoms with van der Waals surface area (Å²) in [7, 11) is 1.16. The monoisotopic (exact) mass is 268 g/mol. The molecule has 0 aliphatic rings. The maximum Gasteiger partial charge on any atom is 0.336 e. The number of aromatic carboxylic acids is 1. The highest BCUT2D eigenvalue weighted by molar-refractivity contribution is 5.91. The molecule has 6 nitrogen and oxygen atoms in total. The number of rotatable bonds is 5. The predicted octanol–water partition coefficient (Wildman–Crippen LogP) is 0.651. The smallest absolute Gasteiger partial charge is 0.336 e. The zero-order valence-corrected chi connectivity index (χ0v) is 10.7. The number of aliphatic hydroxyl groups is 2. The Morgan fingerprint density at radius 3 is 2.47 bits per heavy atom. The summed E-state index contributed by atoms with van der Waals surface area (Å²) >= 11 is 0. The third kappa shape index (κ3) is 3.52. The van der Waals surface area contributed by atoms with Crippen molar-refractivity contribution in [1.82, 2.24) is 0 Å². The summed E-state index contributed by atoms with van der Waals surface area (Å²) in [5, 5.41) is 28.8. The lowest BCUT2D eigenvalue weighted by molar-refractivity contribution is -0.144. The van der Waals surface area contributed by atoms with Crippen molar-refractivity contribution in [3.8, 4) is 0 Å². The van der Waals surface area contributed by atoms with Gasteiger partial charge in [0.25, 0.3) is 0 Å². The molecule has 0 radical (unpaired) electrons. The molecule has 6 heteroatoms. The van der Waals surface area contributed by atoms with Gasteiger partial charge in [-0.25, -0.2) is 4.79 Å². The quantitative estimate of drug-likeness (QED) is 0.677. The van der Waals surface area contributed by atoms with E-state index in [1.807, 2.05) is 0 Å². The number of benzene rings is 1. The Kier molecular flexibility index (Phi) is 5.02. The van der Waals surface area contributed by atoms with E-state index in [-0.39, 0.29) is 11.1 Å². The van der Waals surface area contributed by atoms with Crippen LogP contribution in [0.2, 0.25) is 0 Å². The molecule has 104 valence electrons. The molecule has 2 atom stereocenters. The number of aryl methyl sites for hydroxylation is 1. The summed E-state index contributed by atoms with van der Waals surface area (Å²) in [5.41, 5.74) is 0.470. The van der Waals surface area contributed by atoms with Crippen LogP contribution in [0.15, 0.2) is 18.2 Å². The Morgan fingerprint density at radius 1 is 1.32 bits per heavy atom. The van der Waals surface area contributed by atoms with Crippen LogP contribution in [0.5, 0.6) is 0 Å². The van der Waals surface area contributed by atoms with Gasteiger partial charge >= 0.3 is 11.9 Å². The molecular weight excluding hydrogens is 252 g/mol. The summed E-state index contributed by atoms with van der Waals surface area (Å²) in [6, 6.07) is 4.57. The van der Waals surface area contributed by atoms with Gasteiger partial charge in [0.1, 0.15) is 6.10 Å². The first-order valence-electron chi connectivity index (χ1n) is 5.64. The minimum atomic E-state index is -1.47. The second-order valence-corrected chi connectivity index (χ2v) is 4.14. The second kappa shape index (κ2) is 6.31. The Hall–Kier alpha value is -1.92. The maximum atomic E-state index is 11.2. The van der Waals surface area contributed by atoms with Gasteiger partial charge in [-0.15, -0.1) is 0 Å². The molecule has 1 aromatic rings. The zero-order chi connectivity index (χ0) is 14.6. The van der Waals surface area contributed by atoms with E-state index in [4.69, 9.17) is 5.11 Å². The van der Waals surface area contributed by atoms with Gasteiger partial charge in [-0.2, -0.15) is 0 Å². The molecular formula is C13H16O6. The second-order valence-electron chi connectivity index (χ2n) is 4.14. The summed E-state index contributed by atoms with van der Waals surface area (Å²) < 4.78 is 4.38. The molecule has 0 aliphatic heterocycles. The molecule has 1 rings (SSSR count). The van der Waals surface area contributed by atoms with Gasteiger partial charge in [0, 0.05) is 0 Å². The number of ether oxygens (including phenoxy) is 1. The minimum absolute atomic E-state index is 0.0704. The van der Waals surface area contributed by atoms with Crippen molar-refractivity contribution < 1.29 is 29.6 Å². The van der Waals surface area contributed by atoms with Gasteiger partial charge in [-0.05, 0) is 18.1 Å². The highest BCUT2D eigenvalue weighted by Crippen LogP contribution is 2.25. The number of hydrogen-bond donors (Lipinski definition) is 3. The van der Waals surface area contributed by atoms with Crippen LogP contribution < -0.4 is 0 Å². The van der Waals surface area contributed by atoms with Crippen LogP contribution in [0, 0.1) is 6.92 Å². The fourth-order valence-corrected chi connectivity index (χ4v) is 1.80. The molecule has 2 unspecified atom stereocenters. The van der Waals surface area contributed by atoms with Crippen LogP contribution in [0.3, 0.4) is 0 Å². The van der Waals surface area contributed by atoms with E-state index in [0.29, 0.717) is 5.56 Å². The fraction of sp³-hybridized carbons (Fsp3) is 0.385. The van der Waals surface area contributed by atoms with Crippen molar-refractivity contribution in [2.75, 3.05) is 7.11 Å². The van der Waals surface area contributed by atoms with Crippen LogP contribution >= 0.6 is 0 Å². The first-order chi connectivity index (χ1) is 8.88. The summed E-state index contributed by atoms with van der Waals surface area (Å²) in [5.74, 6) is -1.88. The SMILES string of the molecule is COC(=O)CC(O)C(O)c1cccc(C)c1C(=O)O. The van der Waals surface area contributed by atoms with Gasteiger partial charge in [0.2, 0.25) is 0 Å². The Bertz CT molecular complexity index is 482. The van der Waals surface area contributed by atoms with Gasteiger partial charge in [-0.3, -0.25) is 4.79 Å². The van der Waals surface area contributed by atoms with Crippen LogP contribution in [-0.4, -0.2) is 40.5 Å². The van der Waals surface area contributed by atoms with E-state index < -0.39 is 30.6 Å². The standard InChI is InChI=1S/C13H16O6/c1-7-4-3-5-8(11(7)13(17)18)12(16)9(14)6-10(15)19-2/h3-5,9,12,14,16H,6H2,1-2H3,(H,17,18). The van der Waals surface area contributed by atoms with Gasteiger partial charge in [0.15, 0.2) is 0 Å². The van der Waals surface area contributed by atoms with E-state index in [0.717, 1.165) is 7.11 Å². The molecule has 0 saturated carbocycles. The third-order valence-corrected chi connectivity index (χ3v) is 2.81. The Morgan fingerprint density at radius 2 is 1.95 bits per heavy atom. The highest BCUT2D eigenvalue weighted by atomic mass is 16.5. The number of carboxylic acid groups (broad SMARTS) is 1. The molecule has 1 aromatic carbocycles. The van der Waals surface area contributed by atoms with Crippen molar-refractivity contribution in [1.29, 1.82) is 0 Å². The largest absolute Gasteiger partial charge is 0.478 e. The van der Waals surface area contributed by atoms with Crippen molar-refractivity contribution in [2.24, 2.45) is 0 Å². The number of carbonyl (C=O) groups excluding carboxylic acids is 1. The average Bonchev–Trinajstić information content (AvgIpc) is 2.36. The fourth-order valence-electron chi connectivity index (χ4n) is 1.80. The first kappa shape index (κ1) is 15.1. The molecule has 0 heterocycles. The van der Waals surface area contributed by atoms with Crippen LogP contribution in [0.1, 0.15) is 34.0 Å². The van der Waals surface area contributed by atoms with E-state index in [9.17, 15) is 19.8 Å². The van der Waals surface area contributed by atoms with E-state index in [1.165, 1.54) is 6.07 Å². The maximum absolute atomic E-state index is 11.2. The van der Waals surface area contributed by atoms with Gasteiger partial charge < -0.3 is 20.1 Å². The normalized spacial score (nSPS) is 13.7. The van der Waals surface area contributed by atoms with E-state index in [1.54, 1.807) is 19.1 Å². The summed E-state index contributed by atoms with van der Waals surface area (Å²) in [4.78, 5) is 22.2.